The largest absolute Gasteiger partial charge is 0.493 e. The molecule has 3 fully saturated rings. The number of aromatic nitrogens is 5. The van der Waals surface area contributed by atoms with Crippen molar-refractivity contribution >= 4 is 23.4 Å². The molecule has 3 N–H and O–H groups in total. The van der Waals surface area contributed by atoms with Gasteiger partial charge in [-0.05, 0) is 18.9 Å². The Morgan fingerprint density at radius 2 is 1.94 bits per heavy atom. The van der Waals surface area contributed by atoms with Gasteiger partial charge in [0.2, 0.25) is 11.8 Å². The summed E-state index contributed by atoms with van der Waals surface area (Å²) in [5.41, 5.74) is 1.07. The van der Waals surface area contributed by atoms with E-state index in [0.717, 1.165) is 37.2 Å². The molecule has 3 aliphatic rings. The van der Waals surface area contributed by atoms with Crippen LogP contribution in [0.5, 0.6) is 5.88 Å². The molecule has 0 spiro atoms. The first-order valence-corrected chi connectivity index (χ1v) is 12.3. The zero-order valence-corrected chi connectivity index (χ0v) is 19.9. The number of fused-ring (bicyclic) bond motifs is 1. The Balaban J connectivity index is 1.26. The predicted molar refractivity (Wildman–Crippen MR) is 129 cm³/mol. The molecule has 36 heavy (non-hydrogen) atoms. The van der Waals surface area contributed by atoms with Crippen LogP contribution in [0.1, 0.15) is 18.5 Å². The number of carbonyl (C=O) groups is 1. The third-order valence-corrected chi connectivity index (χ3v) is 6.78. The van der Waals surface area contributed by atoms with Gasteiger partial charge in [-0.2, -0.15) is 9.61 Å². The van der Waals surface area contributed by atoms with Crippen LogP contribution >= 0.6 is 0 Å². The summed E-state index contributed by atoms with van der Waals surface area (Å²) in [5, 5.41) is 15.1. The van der Waals surface area contributed by atoms with Crippen LogP contribution in [0.3, 0.4) is 0 Å². The lowest BCUT2D eigenvalue weighted by molar-refractivity contribution is -0.133. The summed E-state index contributed by atoms with van der Waals surface area (Å²) in [5.74, 6) is 0.678. The van der Waals surface area contributed by atoms with Gasteiger partial charge in [-0.15, -0.1) is 0 Å². The van der Waals surface area contributed by atoms with Crippen molar-refractivity contribution in [3.63, 3.8) is 0 Å². The number of rotatable bonds is 5. The Morgan fingerprint density at radius 3 is 2.64 bits per heavy atom. The SMILES string of the molecule is O=C(CN1CCOCC1)N1CCN(c2cc(=NC3CC3)n3nc/c(=C\c4[nH]c(=O)[nH]c4O)c3n2)CC1. The fourth-order valence-electron chi connectivity index (χ4n) is 4.58. The predicted octanol–water partition coefficient (Wildman–Crippen LogP) is -1.96. The molecule has 13 nitrogen and oxygen atoms in total. The molecule has 3 aromatic heterocycles. The van der Waals surface area contributed by atoms with Crippen LogP contribution in [0.2, 0.25) is 0 Å². The fourth-order valence-corrected chi connectivity index (χ4v) is 4.58. The number of hydrogen-bond donors (Lipinski definition) is 3. The second-order valence-electron chi connectivity index (χ2n) is 9.41. The van der Waals surface area contributed by atoms with Gasteiger partial charge in [0, 0.05) is 50.6 Å². The van der Waals surface area contributed by atoms with Gasteiger partial charge in [0.05, 0.1) is 32.0 Å². The van der Waals surface area contributed by atoms with E-state index in [0.29, 0.717) is 62.8 Å². The maximum absolute atomic E-state index is 12.8. The first kappa shape index (κ1) is 22.7. The van der Waals surface area contributed by atoms with E-state index in [9.17, 15) is 14.7 Å². The molecule has 0 bridgehead atoms. The summed E-state index contributed by atoms with van der Waals surface area (Å²) in [7, 11) is 0. The van der Waals surface area contributed by atoms with Crippen molar-refractivity contribution in [2.75, 3.05) is 63.9 Å². The van der Waals surface area contributed by atoms with E-state index in [1.54, 1.807) is 16.8 Å². The lowest BCUT2D eigenvalue weighted by atomic mass is 10.3. The van der Waals surface area contributed by atoms with Crippen molar-refractivity contribution in [1.82, 2.24) is 34.4 Å². The minimum atomic E-state index is -0.491. The summed E-state index contributed by atoms with van der Waals surface area (Å²) >= 11 is 0. The van der Waals surface area contributed by atoms with Gasteiger partial charge in [-0.25, -0.2) is 9.78 Å². The number of imidazole rings is 1. The molecular formula is C23H29N9O4. The van der Waals surface area contributed by atoms with Gasteiger partial charge in [-0.1, -0.05) is 0 Å². The van der Waals surface area contributed by atoms with E-state index in [2.05, 4.69) is 24.9 Å². The van der Waals surface area contributed by atoms with E-state index in [1.807, 2.05) is 11.0 Å². The van der Waals surface area contributed by atoms with E-state index in [4.69, 9.17) is 14.7 Å². The van der Waals surface area contributed by atoms with E-state index < -0.39 is 5.69 Å². The Morgan fingerprint density at radius 1 is 1.17 bits per heavy atom. The minimum absolute atomic E-state index is 0.150. The van der Waals surface area contributed by atoms with Crippen molar-refractivity contribution in [2.45, 2.75) is 18.9 Å². The summed E-state index contributed by atoms with van der Waals surface area (Å²) < 4.78 is 7.07. The monoisotopic (exact) mass is 495 g/mol. The molecule has 0 radical (unpaired) electrons. The molecule has 0 unspecified atom stereocenters. The molecule has 0 aromatic carbocycles. The number of nitrogens with zero attached hydrogens (tertiary/aromatic N) is 7. The van der Waals surface area contributed by atoms with Crippen LogP contribution in [0.15, 0.2) is 22.1 Å². The van der Waals surface area contributed by atoms with Crippen LogP contribution in [0.4, 0.5) is 5.82 Å². The quantitative estimate of drug-likeness (QED) is 0.370. The summed E-state index contributed by atoms with van der Waals surface area (Å²) in [6, 6.07) is 2.24. The Labute approximate surface area is 205 Å². The highest BCUT2D eigenvalue weighted by molar-refractivity contribution is 5.78. The maximum Gasteiger partial charge on any atom is 0.326 e. The third-order valence-electron chi connectivity index (χ3n) is 6.78. The van der Waals surface area contributed by atoms with Gasteiger partial charge >= 0.3 is 5.69 Å². The first-order chi connectivity index (χ1) is 17.5. The number of aromatic hydroxyl groups is 1. The third kappa shape index (κ3) is 4.71. The van der Waals surface area contributed by atoms with E-state index in [-0.39, 0.29) is 17.5 Å². The molecule has 190 valence electrons. The lowest BCUT2D eigenvalue weighted by Crippen LogP contribution is -2.52. The fraction of sp³-hybridized carbons (Fsp3) is 0.522. The molecule has 0 atom stereocenters. The van der Waals surface area contributed by atoms with Gasteiger partial charge in [-0.3, -0.25) is 19.7 Å². The second-order valence-corrected chi connectivity index (χ2v) is 9.41. The number of nitrogens with one attached hydrogen (secondary N) is 2. The smallest absolute Gasteiger partial charge is 0.326 e. The Kier molecular flexibility index (Phi) is 5.93. The molecule has 1 amide bonds. The van der Waals surface area contributed by atoms with Crippen molar-refractivity contribution < 1.29 is 14.6 Å². The average molecular weight is 496 g/mol. The topological polar surface area (TPSA) is 147 Å². The summed E-state index contributed by atoms with van der Waals surface area (Å²) in [6.45, 7) is 5.96. The highest BCUT2D eigenvalue weighted by Gasteiger charge is 2.25. The van der Waals surface area contributed by atoms with E-state index >= 15 is 0 Å². The maximum atomic E-state index is 12.8. The first-order valence-electron chi connectivity index (χ1n) is 12.3. The van der Waals surface area contributed by atoms with E-state index in [1.165, 1.54) is 0 Å². The number of hydrogen-bond acceptors (Lipinski definition) is 9. The standard InChI is InChI=1S/C23H29N9O4/c33-20(14-29-7-9-36-10-8-29)31-5-3-30(4-6-31)18-12-19(25-16-1-2-16)32-21(27-18)15(13-24-32)11-17-22(34)28-23(35)26-17/h11-13,16,34H,1-10,14H2,(H2,26,28,35)/b15-11+,25-19?. The highest BCUT2D eigenvalue weighted by atomic mass is 16.5. The zero-order chi connectivity index (χ0) is 24.6. The van der Waals surface area contributed by atoms with Crippen LogP contribution in [0, 0.1) is 0 Å². The van der Waals surface area contributed by atoms with Gasteiger partial charge < -0.3 is 24.6 Å². The zero-order valence-electron chi connectivity index (χ0n) is 19.9. The Hall–Kier alpha value is -3.71. The number of amides is 1. The number of ether oxygens (including phenoxy) is 1. The molecule has 1 saturated carbocycles. The van der Waals surface area contributed by atoms with Crippen molar-refractivity contribution in [1.29, 1.82) is 0 Å². The van der Waals surface area contributed by atoms with Gasteiger partial charge in [0.15, 0.2) is 11.1 Å². The molecule has 2 saturated heterocycles. The number of morpholine rings is 1. The van der Waals surface area contributed by atoms with Gasteiger partial charge in [0.25, 0.3) is 0 Å². The van der Waals surface area contributed by atoms with Crippen molar-refractivity contribution in [3.8, 4) is 5.88 Å². The Bertz CT molecular complexity index is 1440. The minimum Gasteiger partial charge on any atom is -0.493 e. The molecule has 13 heteroatoms. The second kappa shape index (κ2) is 9.39. The molecule has 3 aromatic rings. The van der Waals surface area contributed by atoms with Crippen molar-refractivity contribution in [3.05, 3.63) is 39.1 Å². The number of aromatic amines is 2. The molecule has 6 rings (SSSR count). The number of anilines is 1. The number of H-pyrrole nitrogens is 2. The van der Waals surface area contributed by atoms with Crippen LogP contribution in [0.25, 0.3) is 11.7 Å². The summed E-state index contributed by atoms with van der Waals surface area (Å²) in [6.07, 6.45) is 5.39. The molecule has 1 aliphatic carbocycles. The number of carbonyl (C=O) groups excluding carboxylic acids is 1. The lowest BCUT2D eigenvalue weighted by Gasteiger charge is -2.36. The summed E-state index contributed by atoms with van der Waals surface area (Å²) in [4.78, 5) is 45.2. The highest BCUT2D eigenvalue weighted by Crippen LogP contribution is 2.23. The molecule has 2 aliphatic heterocycles. The molecule has 5 heterocycles. The molecular weight excluding hydrogens is 466 g/mol. The van der Waals surface area contributed by atoms with Crippen molar-refractivity contribution in [2.24, 2.45) is 4.99 Å². The van der Waals surface area contributed by atoms with Crippen LogP contribution in [-0.4, -0.2) is 110 Å². The van der Waals surface area contributed by atoms with Gasteiger partial charge in [0.1, 0.15) is 11.5 Å². The number of piperazine rings is 1. The van der Waals surface area contributed by atoms with Crippen LogP contribution < -0.4 is 21.3 Å². The van der Waals surface area contributed by atoms with Crippen LogP contribution in [-0.2, 0) is 9.53 Å². The average Bonchev–Trinajstić information content (AvgIpc) is 3.52. The normalized spacial score (nSPS) is 20.6.